The molecule has 0 aliphatic carbocycles. The van der Waals surface area contributed by atoms with Crippen molar-refractivity contribution >= 4 is 18.2 Å². The van der Waals surface area contributed by atoms with Gasteiger partial charge in [-0.05, 0) is 18.1 Å². The molecule has 0 spiro atoms. The van der Waals surface area contributed by atoms with Crippen molar-refractivity contribution in [1.82, 2.24) is 0 Å². The molecule has 0 saturated carbocycles. The Bertz CT molecular complexity index is 323. The van der Waals surface area contributed by atoms with E-state index in [1.807, 2.05) is 0 Å². The minimum absolute atomic E-state index is 0.0906. The van der Waals surface area contributed by atoms with Crippen molar-refractivity contribution in [1.29, 1.82) is 0 Å². The van der Waals surface area contributed by atoms with Crippen LogP contribution in [-0.4, -0.2) is 22.5 Å². The highest BCUT2D eigenvalue weighted by atomic mass is 32.2. The van der Waals surface area contributed by atoms with Crippen molar-refractivity contribution in [2.45, 2.75) is 45.8 Å². The van der Waals surface area contributed by atoms with E-state index in [1.165, 1.54) is 6.26 Å². The molecule has 0 N–H and O–H groups in total. The van der Waals surface area contributed by atoms with Crippen LogP contribution in [0, 0.1) is 0 Å². The summed E-state index contributed by atoms with van der Waals surface area (Å²) in [6, 6.07) is 0. The Morgan fingerprint density at radius 3 is 2.07 bits per heavy atom. The van der Waals surface area contributed by atoms with Crippen molar-refractivity contribution in [2.75, 3.05) is 5.75 Å². The third-order valence-corrected chi connectivity index (χ3v) is 8.50. The average Bonchev–Trinajstić information content (AvgIpc) is 2.01. The van der Waals surface area contributed by atoms with E-state index >= 15 is 0 Å². The normalized spacial score (nSPS) is 14.5. The average molecular weight is 250 g/mol. The van der Waals surface area contributed by atoms with Gasteiger partial charge in [-0.3, -0.25) is 0 Å². The molecule has 0 atom stereocenters. The molecule has 5 heteroatoms. The Labute approximate surface area is 94.6 Å². The second-order valence-corrected chi connectivity index (χ2v) is 12.0. The molecule has 0 heterocycles. The molecular weight excluding hydrogens is 228 g/mol. The third kappa shape index (κ3) is 4.84. The highest BCUT2D eigenvalue weighted by molar-refractivity contribution is 7.94. The lowest BCUT2D eigenvalue weighted by molar-refractivity contribution is 0.430. The number of hydrogen-bond donors (Lipinski definition) is 0. The van der Waals surface area contributed by atoms with E-state index < -0.39 is 18.2 Å². The van der Waals surface area contributed by atoms with Crippen LogP contribution in [-0.2, 0) is 14.3 Å². The van der Waals surface area contributed by atoms with Gasteiger partial charge >= 0.3 is 0 Å². The minimum atomic E-state index is -3.07. The van der Waals surface area contributed by atoms with Gasteiger partial charge in [0.2, 0.25) is 8.32 Å². The van der Waals surface area contributed by atoms with Crippen molar-refractivity contribution in [3.63, 3.8) is 0 Å². The van der Waals surface area contributed by atoms with Gasteiger partial charge in [-0.15, -0.1) is 0 Å². The lowest BCUT2D eigenvalue weighted by atomic mass is 10.2. The van der Waals surface area contributed by atoms with E-state index in [0.717, 1.165) is 5.41 Å². The van der Waals surface area contributed by atoms with Gasteiger partial charge < -0.3 is 4.43 Å². The van der Waals surface area contributed by atoms with Gasteiger partial charge in [0, 0.05) is 0 Å². The van der Waals surface area contributed by atoms with Crippen LogP contribution in [0.3, 0.4) is 0 Å². The SMILES string of the molecule is CCS(=O)(=O)/C=C\O[Si](C)(C)C(C)(C)C. The lowest BCUT2D eigenvalue weighted by Crippen LogP contribution is -2.39. The van der Waals surface area contributed by atoms with Crippen LogP contribution >= 0.6 is 0 Å². The Morgan fingerprint density at radius 1 is 1.27 bits per heavy atom. The van der Waals surface area contributed by atoms with Gasteiger partial charge in [-0.25, -0.2) is 8.42 Å². The van der Waals surface area contributed by atoms with Crippen molar-refractivity contribution in [2.24, 2.45) is 0 Å². The Hall–Kier alpha value is -0.293. The van der Waals surface area contributed by atoms with Crippen LogP contribution in [0.1, 0.15) is 27.7 Å². The number of sulfone groups is 1. The predicted molar refractivity (Wildman–Crippen MR) is 66.9 cm³/mol. The summed E-state index contributed by atoms with van der Waals surface area (Å²) in [5, 5.41) is 1.25. The first-order chi connectivity index (χ1) is 6.52. The molecule has 15 heavy (non-hydrogen) atoms. The fourth-order valence-electron chi connectivity index (χ4n) is 0.556. The molecule has 0 aliphatic rings. The maximum atomic E-state index is 11.2. The van der Waals surface area contributed by atoms with E-state index in [1.54, 1.807) is 6.92 Å². The predicted octanol–water partition coefficient (Wildman–Crippen LogP) is 2.91. The molecule has 0 aromatic rings. The van der Waals surface area contributed by atoms with Gasteiger partial charge in [0.05, 0.1) is 17.4 Å². The second kappa shape index (κ2) is 4.70. The van der Waals surface area contributed by atoms with Gasteiger partial charge in [0.15, 0.2) is 9.84 Å². The first-order valence-corrected chi connectivity index (χ1v) is 9.71. The van der Waals surface area contributed by atoms with Gasteiger partial charge in [0.25, 0.3) is 0 Å². The molecule has 0 aromatic heterocycles. The topological polar surface area (TPSA) is 43.4 Å². The maximum absolute atomic E-state index is 11.2. The molecule has 0 rings (SSSR count). The van der Waals surface area contributed by atoms with Gasteiger partial charge in [-0.1, -0.05) is 27.7 Å². The van der Waals surface area contributed by atoms with E-state index in [-0.39, 0.29) is 10.8 Å². The molecule has 0 saturated heterocycles. The molecule has 0 bridgehead atoms. The van der Waals surface area contributed by atoms with E-state index in [9.17, 15) is 8.42 Å². The molecule has 0 fully saturated rings. The monoisotopic (exact) mass is 250 g/mol. The van der Waals surface area contributed by atoms with Crippen molar-refractivity contribution < 1.29 is 12.8 Å². The fraction of sp³-hybridized carbons (Fsp3) is 0.800. The van der Waals surface area contributed by atoms with Crippen LogP contribution in [0.15, 0.2) is 11.7 Å². The summed E-state index contributed by atoms with van der Waals surface area (Å²) < 4.78 is 28.0. The van der Waals surface area contributed by atoms with Crippen molar-refractivity contribution in [3.05, 3.63) is 11.7 Å². The summed E-state index contributed by atoms with van der Waals surface area (Å²) in [5.41, 5.74) is 0. The molecule has 0 unspecified atom stereocenters. The summed E-state index contributed by atoms with van der Waals surface area (Å²) in [5.74, 6) is 0.115. The van der Waals surface area contributed by atoms with E-state index in [4.69, 9.17) is 4.43 Å². The molecule has 0 aromatic carbocycles. The summed E-state index contributed by atoms with van der Waals surface area (Å²) in [6.07, 6.45) is 1.34. The van der Waals surface area contributed by atoms with E-state index in [2.05, 4.69) is 33.9 Å². The van der Waals surface area contributed by atoms with Crippen molar-refractivity contribution in [3.8, 4) is 0 Å². The van der Waals surface area contributed by atoms with Crippen LogP contribution in [0.25, 0.3) is 0 Å². The van der Waals surface area contributed by atoms with E-state index in [0.29, 0.717) is 0 Å². The first kappa shape index (κ1) is 14.7. The van der Waals surface area contributed by atoms with Crippen LogP contribution in [0.5, 0.6) is 0 Å². The highest BCUT2D eigenvalue weighted by Crippen LogP contribution is 2.36. The zero-order valence-corrected chi connectivity index (χ0v) is 12.3. The largest absolute Gasteiger partial charge is 0.548 e. The van der Waals surface area contributed by atoms with Crippen LogP contribution < -0.4 is 0 Å². The molecule has 3 nitrogen and oxygen atoms in total. The zero-order chi connectivity index (χ0) is 12.3. The summed E-state index contributed by atoms with van der Waals surface area (Å²) in [6.45, 7) is 12.1. The van der Waals surface area contributed by atoms with Crippen LogP contribution in [0.4, 0.5) is 0 Å². The molecule has 90 valence electrons. The molecule has 0 aliphatic heterocycles. The third-order valence-electron chi connectivity index (χ3n) is 2.83. The summed E-state index contributed by atoms with van der Waals surface area (Å²) >= 11 is 0. The lowest BCUT2D eigenvalue weighted by Gasteiger charge is -2.34. The molecule has 0 amide bonds. The van der Waals surface area contributed by atoms with Gasteiger partial charge in [-0.2, -0.15) is 0 Å². The second-order valence-electron chi connectivity index (χ2n) is 5.10. The molecular formula is C10H22O3SSi. The summed E-state index contributed by atoms with van der Waals surface area (Å²) in [4.78, 5) is 0. The Kier molecular flexibility index (Phi) is 4.61. The number of rotatable bonds is 4. The smallest absolute Gasteiger partial charge is 0.249 e. The number of hydrogen-bond acceptors (Lipinski definition) is 3. The van der Waals surface area contributed by atoms with Crippen LogP contribution in [0.2, 0.25) is 18.1 Å². The van der Waals surface area contributed by atoms with Gasteiger partial charge in [0.1, 0.15) is 0 Å². The highest BCUT2D eigenvalue weighted by Gasteiger charge is 2.37. The zero-order valence-electron chi connectivity index (χ0n) is 10.5. The first-order valence-electron chi connectivity index (χ1n) is 5.09. The summed E-state index contributed by atoms with van der Waals surface area (Å²) in [7, 11) is -4.94. The Morgan fingerprint density at radius 2 is 1.73 bits per heavy atom. The fourth-order valence-corrected chi connectivity index (χ4v) is 1.83. The Balaban J connectivity index is 4.54. The molecule has 0 radical (unpaired) electrons. The maximum Gasteiger partial charge on any atom is 0.249 e. The standard InChI is InChI=1S/C10H22O3SSi/c1-7-14(11,12)9-8-13-15(5,6)10(2,3)4/h8-9H,7H2,1-6H3/b9-8-. The quantitative estimate of drug-likeness (QED) is 0.569. The minimum Gasteiger partial charge on any atom is -0.548 e.